The number of esters is 1. The normalized spacial score (nSPS) is 14.1. The SMILES string of the molecule is CCCC[C@](CC)(NC(=O)C(F)(F)F)C(=O)NC(C)(C)C(=O)NC(C)(C)C(=O)NC(C)(C)C(=O)NC(C)(C)C(=O)OCC. The van der Waals surface area contributed by atoms with E-state index in [-0.39, 0.29) is 19.4 Å². The molecule has 0 bridgehead atoms. The number of nitrogens with one attached hydrogen (secondary N) is 5. The molecule has 43 heavy (non-hydrogen) atoms. The third kappa shape index (κ3) is 11.0. The summed E-state index contributed by atoms with van der Waals surface area (Å²) in [6, 6.07) is 0. The van der Waals surface area contributed by atoms with Crippen LogP contribution in [0.2, 0.25) is 0 Å². The molecule has 12 nitrogen and oxygen atoms in total. The average molecular weight is 624 g/mol. The van der Waals surface area contributed by atoms with Gasteiger partial charge in [0.2, 0.25) is 23.6 Å². The molecular weight excluding hydrogens is 575 g/mol. The van der Waals surface area contributed by atoms with E-state index in [0.29, 0.717) is 12.8 Å². The van der Waals surface area contributed by atoms with E-state index in [1.54, 1.807) is 13.8 Å². The summed E-state index contributed by atoms with van der Waals surface area (Å²) >= 11 is 0. The highest BCUT2D eigenvalue weighted by Crippen LogP contribution is 2.24. The number of unbranched alkanes of at least 4 members (excludes halogenated alkanes) is 1. The Morgan fingerprint density at radius 2 is 0.930 bits per heavy atom. The monoisotopic (exact) mass is 623 g/mol. The standard InChI is InChI=1S/C28H48F3N5O7/c1-12-15-16-27(13-2,36-21(41)28(29,30)31)20(40)35-25(8,9)18(38)33-23(4,5)17(37)32-24(6,7)19(39)34-26(10,11)22(42)43-14-3/h12-16H2,1-11H3,(H,32,37)(H,33,38)(H,34,39)(H,35,40)(H,36,41)/t27-/m0/s1. The first-order valence-electron chi connectivity index (χ1n) is 14.1. The van der Waals surface area contributed by atoms with Crippen molar-refractivity contribution in [1.82, 2.24) is 26.6 Å². The third-order valence-corrected chi connectivity index (χ3v) is 6.80. The average Bonchev–Trinajstić information content (AvgIpc) is 2.84. The molecular formula is C28H48F3N5O7. The molecule has 0 aliphatic carbocycles. The van der Waals surface area contributed by atoms with E-state index < -0.39 is 69.4 Å². The molecule has 0 spiro atoms. The first-order valence-corrected chi connectivity index (χ1v) is 14.1. The summed E-state index contributed by atoms with van der Waals surface area (Å²) < 4.78 is 44.1. The molecule has 0 radical (unpaired) electrons. The van der Waals surface area contributed by atoms with Gasteiger partial charge in [-0.1, -0.05) is 26.7 Å². The summed E-state index contributed by atoms with van der Waals surface area (Å²) in [6.45, 7) is 15.8. The van der Waals surface area contributed by atoms with Crippen molar-refractivity contribution in [2.45, 2.75) is 136 Å². The summed E-state index contributed by atoms with van der Waals surface area (Å²) in [5, 5.41) is 11.7. The summed E-state index contributed by atoms with van der Waals surface area (Å²) in [6.07, 6.45) is -4.67. The lowest BCUT2D eigenvalue weighted by atomic mass is 9.87. The summed E-state index contributed by atoms with van der Waals surface area (Å²) in [7, 11) is 0. The van der Waals surface area contributed by atoms with Crippen LogP contribution in [0.1, 0.15) is 102 Å². The molecule has 0 aromatic rings. The van der Waals surface area contributed by atoms with Gasteiger partial charge < -0.3 is 31.3 Å². The van der Waals surface area contributed by atoms with Gasteiger partial charge in [0.15, 0.2) is 0 Å². The van der Waals surface area contributed by atoms with Crippen molar-refractivity contribution in [3.05, 3.63) is 0 Å². The molecule has 0 saturated heterocycles. The molecule has 0 aliphatic rings. The predicted octanol–water partition coefficient (Wildman–Crippen LogP) is 2.15. The van der Waals surface area contributed by atoms with Crippen molar-refractivity contribution in [3.63, 3.8) is 0 Å². The molecule has 0 fully saturated rings. The Labute approximate surface area is 251 Å². The number of halogens is 3. The summed E-state index contributed by atoms with van der Waals surface area (Å²) in [5.74, 6) is -6.32. The maximum atomic E-state index is 13.3. The minimum atomic E-state index is -5.23. The Morgan fingerprint density at radius 1 is 0.558 bits per heavy atom. The van der Waals surface area contributed by atoms with Crippen molar-refractivity contribution in [2.24, 2.45) is 0 Å². The molecule has 5 amide bonds. The molecule has 0 aromatic carbocycles. The number of rotatable bonds is 15. The summed E-state index contributed by atoms with van der Waals surface area (Å²) in [4.78, 5) is 76.6. The number of carbonyl (C=O) groups is 6. The van der Waals surface area contributed by atoms with E-state index in [4.69, 9.17) is 4.74 Å². The first kappa shape index (κ1) is 39.6. The van der Waals surface area contributed by atoms with Gasteiger partial charge >= 0.3 is 18.1 Å². The molecule has 0 rings (SSSR count). The highest BCUT2D eigenvalue weighted by atomic mass is 19.4. The van der Waals surface area contributed by atoms with Crippen LogP contribution in [-0.2, 0) is 33.5 Å². The fourth-order valence-electron chi connectivity index (χ4n) is 3.68. The van der Waals surface area contributed by atoms with Crippen LogP contribution in [0.4, 0.5) is 13.2 Å². The predicted molar refractivity (Wildman–Crippen MR) is 152 cm³/mol. The van der Waals surface area contributed by atoms with Crippen molar-refractivity contribution in [1.29, 1.82) is 0 Å². The van der Waals surface area contributed by atoms with E-state index in [1.165, 1.54) is 62.3 Å². The molecule has 1 atom stereocenters. The lowest BCUT2D eigenvalue weighted by Crippen LogP contribution is -2.69. The van der Waals surface area contributed by atoms with Gasteiger partial charge in [0.05, 0.1) is 6.61 Å². The van der Waals surface area contributed by atoms with Crippen LogP contribution in [0.15, 0.2) is 0 Å². The number of amides is 5. The number of hydrogen-bond acceptors (Lipinski definition) is 7. The van der Waals surface area contributed by atoms with Crippen molar-refractivity contribution >= 4 is 35.5 Å². The Bertz CT molecular complexity index is 1070. The Hall–Kier alpha value is -3.39. The summed E-state index contributed by atoms with van der Waals surface area (Å²) in [5.41, 5.74) is -8.29. The van der Waals surface area contributed by atoms with Crippen molar-refractivity contribution in [2.75, 3.05) is 6.61 Å². The lowest BCUT2D eigenvalue weighted by Gasteiger charge is -2.38. The zero-order valence-corrected chi connectivity index (χ0v) is 27.0. The van der Waals surface area contributed by atoms with Gasteiger partial charge in [-0.25, -0.2) is 4.79 Å². The van der Waals surface area contributed by atoms with Crippen LogP contribution >= 0.6 is 0 Å². The third-order valence-electron chi connectivity index (χ3n) is 6.80. The lowest BCUT2D eigenvalue weighted by molar-refractivity contribution is -0.176. The topological polar surface area (TPSA) is 172 Å². The van der Waals surface area contributed by atoms with Gasteiger partial charge in [0.25, 0.3) is 0 Å². The van der Waals surface area contributed by atoms with Crippen LogP contribution < -0.4 is 26.6 Å². The van der Waals surface area contributed by atoms with Gasteiger partial charge in [-0.05, 0) is 75.2 Å². The fourth-order valence-corrected chi connectivity index (χ4v) is 3.68. The van der Waals surface area contributed by atoms with Gasteiger partial charge in [-0.2, -0.15) is 13.2 Å². The molecule has 15 heteroatoms. The van der Waals surface area contributed by atoms with E-state index in [9.17, 15) is 41.9 Å². The van der Waals surface area contributed by atoms with Gasteiger partial charge in [-0.15, -0.1) is 0 Å². The molecule has 0 aliphatic heterocycles. The van der Waals surface area contributed by atoms with Crippen LogP contribution in [-0.4, -0.2) is 76.0 Å². The zero-order valence-electron chi connectivity index (χ0n) is 27.0. The van der Waals surface area contributed by atoms with Crippen molar-refractivity contribution < 1.29 is 46.7 Å². The second kappa shape index (κ2) is 14.4. The first-order chi connectivity index (χ1) is 19.2. The smallest absolute Gasteiger partial charge is 0.464 e. The fraction of sp³-hybridized carbons (Fsp3) is 0.786. The Balaban J connectivity index is 5.80. The van der Waals surface area contributed by atoms with E-state index in [2.05, 4.69) is 21.3 Å². The minimum Gasteiger partial charge on any atom is -0.464 e. The van der Waals surface area contributed by atoms with Crippen LogP contribution in [0.5, 0.6) is 0 Å². The van der Waals surface area contributed by atoms with E-state index >= 15 is 0 Å². The second-order valence-electron chi connectivity index (χ2n) is 12.5. The van der Waals surface area contributed by atoms with Gasteiger partial charge in [-0.3, -0.25) is 24.0 Å². The Morgan fingerprint density at radius 3 is 1.26 bits per heavy atom. The molecule has 0 unspecified atom stereocenters. The van der Waals surface area contributed by atoms with Gasteiger partial charge in [0, 0.05) is 0 Å². The largest absolute Gasteiger partial charge is 0.471 e. The van der Waals surface area contributed by atoms with E-state index in [0.717, 1.165) is 0 Å². The maximum absolute atomic E-state index is 13.3. The molecule has 0 heterocycles. The minimum absolute atomic E-state index is 0.101. The number of carbonyl (C=O) groups excluding carboxylic acids is 6. The number of alkyl halides is 3. The molecule has 5 N–H and O–H groups in total. The highest BCUT2D eigenvalue weighted by molar-refractivity contribution is 6.00. The van der Waals surface area contributed by atoms with Crippen LogP contribution in [0.3, 0.4) is 0 Å². The quantitative estimate of drug-likeness (QED) is 0.174. The zero-order chi connectivity index (χ0) is 34.2. The molecule has 0 aromatic heterocycles. The number of ether oxygens (including phenoxy) is 1. The highest BCUT2D eigenvalue weighted by Gasteiger charge is 2.48. The van der Waals surface area contributed by atoms with Crippen LogP contribution in [0, 0.1) is 0 Å². The maximum Gasteiger partial charge on any atom is 0.471 e. The molecule has 0 saturated carbocycles. The number of hydrogen-bond donors (Lipinski definition) is 5. The second-order valence-corrected chi connectivity index (χ2v) is 12.5. The Kier molecular flexibility index (Phi) is 13.3. The van der Waals surface area contributed by atoms with Gasteiger partial charge in [0.1, 0.15) is 27.7 Å². The van der Waals surface area contributed by atoms with Crippen LogP contribution in [0.25, 0.3) is 0 Å². The molecule has 248 valence electrons. The van der Waals surface area contributed by atoms with E-state index in [1.807, 2.05) is 5.32 Å². The van der Waals surface area contributed by atoms with Crippen molar-refractivity contribution in [3.8, 4) is 0 Å².